The van der Waals surface area contributed by atoms with Gasteiger partial charge in [0.2, 0.25) is 0 Å². The summed E-state index contributed by atoms with van der Waals surface area (Å²) in [5.74, 6) is 1.28. The molecule has 0 radical (unpaired) electrons. The van der Waals surface area contributed by atoms with Gasteiger partial charge in [-0.05, 0) is 74.9 Å². The Kier molecular flexibility index (Phi) is 9.89. The van der Waals surface area contributed by atoms with E-state index in [1.54, 1.807) is 10.6 Å². The summed E-state index contributed by atoms with van der Waals surface area (Å²) in [5, 5.41) is 4.50. The van der Waals surface area contributed by atoms with E-state index < -0.39 is 10.1 Å². The molecular weight excluding hydrogens is 585 g/mol. The summed E-state index contributed by atoms with van der Waals surface area (Å²) in [7, 11) is -4.33. The van der Waals surface area contributed by atoms with Gasteiger partial charge in [0.1, 0.15) is 5.76 Å². The summed E-state index contributed by atoms with van der Waals surface area (Å²) in [6.07, 6.45) is 3.21. The van der Waals surface area contributed by atoms with E-state index >= 15 is 0 Å². The van der Waals surface area contributed by atoms with E-state index in [0.29, 0.717) is 17.9 Å². The van der Waals surface area contributed by atoms with Gasteiger partial charge in [0.05, 0.1) is 12.1 Å². The van der Waals surface area contributed by atoms with E-state index in [0.717, 1.165) is 92.2 Å². The summed E-state index contributed by atoms with van der Waals surface area (Å²) in [5.41, 5.74) is 12.1. The fourth-order valence-corrected chi connectivity index (χ4v) is 7.14. The van der Waals surface area contributed by atoms with Gasteiger partial charge in [-0.25, -0.2) is 0 Å². The van der Waals surface area contributed by atoms with Gasteiger partial charge >= 0.3 is 10.1 Å². The van der Waals surface area contributed by atoms with Crippen molar-refractivity contribution in [2.45, 2.75) is 78.0 Å². The standard InChI is InChI=1S/C27H30N2O4S2.C5H8N2O/c1-5-8-20-15-23(27(34-20)35(31,32)33)21-10-9-18(13-17(21)4)16-29-25-14-19(6-2)28-24(7-3)22(25)11-12-26(29)30;1-3-4(2)8-7-5(3)6/h9-15H,5-8,16H2,1-4H3,(H,31,32,33);1-2H3,(H2,6,7). The van der Waals surface area contributed by atoms with E-state index in [4.69, 9.17) is 15.2 Å². The number of pyridine rings is 2. The molecule has 0 aliphatic heterocycles. The summed E-state index contributed by atoms with van der Waals surface area (Å²) < 4.78 is 40.4. The molecule has 0 bridgehead atoms. The van der Waals surface area contributed by atoms with Crippen molar-refractivity contribution in [2.24, 2.45) is 0 Å². The monoisotopic (exact) mass is 622 g/mol. The second-order valence-electron chi connectivity index (χ2n) is 10.5. The van der Waals surface area contributed by atoms with Gasteiger partial charge in [0.25, 0.3) is 5.56 Å². The van der Waals surface area contributed by atoms with Gasteiger partial charge < -0.3 is 14.8 Å². The molecule has 0 aliphatic rings. The molecule has 11 heteroatoms. The highest BCUT2D eigenvalue weighted by atomic mass is 32.3. The van der Waals surface area contributed by atoms with E-state index in [-0.39, 0.29) is 9.77 Å². The molecule has 0 amide bonds. The molecule has 3 N–H and O–H groups in total. The first-order valence-electron chi connectivity index (χ1n) is 14.3. The molecule has 4 aromatic heterocycles. The van der Waals surface area contributed by atoms with Crippen LogP contribution in [-0.2, 0) is 35.9 Å². The maximum Gasteiger partial charge on any atom is 0.304 e. The van der Waals surface area contributed by atoms with Crippen molar-refractivity contribution >= 4 is 38.2 Å². The van der Waals surface area contributed by atoms with Gasteiger partial charge in [-0.3, -0.25) is 14.3 Å². The summed E-state index contributed by atoms with van der Waals surface area (Å²) in [4.78, 5) is 18.5. The molecular formula is C32H38N4O5S2. The van der Waals surface area contributed by atoms with Crippen LogP contribution in [0.1, 0.15) is 65.9 Å². The molecule has 9 nitrogen and oxygen atoms in total. The number of hydrogen-bond donors (Lipinski definition) is 2. The Morgan fingerprint density at radius 2 is 1.74 bits per heavy atom. The van der Waals surface area contributed by atoms with Gasteiger partial charge in [0.15, 0.2) is 10.0 Å². The lowest BCUT2D eigenvalue weighted by Crippen LogP contribution is -2.21. The first-order chi connectivity index (χ1) is 20.4. The third kappa shape index (κ3) is 7.06. The predicted molar refractivity (Wildman–Crippen MR) is 173 cm³/mol. The summed E-state index contributed by atoms with van der Waals surface area (Å²) in [6.45, 7) is 12.2. The van der Waals surface area contributed by atoms with Crippen molar-refractivity contribution in [1.82, 2.24) is 14.7 Å². The number of aromatic nitrogens is 3. The van der Waals surface area contributed by atoms with Crippen LogP contribution in [0.4, 0.5) is 5.82 Å². The summed E-state index contributed by atoms with van der Waals surface area (Å²) in [6, 6.07) is 13.1. The van der Waals surface area contributed by atoms with Crippen LogP contribution in [0.25, 0.3) is 22.0 Å². The Labute approximate surface area is 256 Å². The first-order valence-corrected chi connectivity index (χ1v) is 16.5. The number of thiophene rings is 1. The minimum Gasteiger partial charge on any atom is -0.381 e. The first kappa shape index (κ1) is 32.1. The number of benzene rings is 1. The summed E-state index contributed by atoms with van der Waals surface area (Å²) >= 11 is 1.12. The number of aryl methyl sites for hydroxylation is 5. The maximum atomic E-state index is 12.9. The average Bonchev–Trinajstić information content (AvgIpc) is 3.53. The Bertz CT molecular complexity index is 1920. The molecule has 228 valence electrons. The lowest BCUT2D eigenvalue weighted by molar-refractivity contribution is 0.399. The smallest absolute Gasteiger partial charge is 0.304 e. The van der Waals surface area contributed by atoms with Gasteiger partial charge in [-0.2, -0.15) is 8.42 Å². The van der Waals surface area contributed by atoms with E-state index in [1.807, 2.05) is 64.1 Å². The Hall–Kier alpha value is -3.80. The SMILES string of the molecule is CCCc1cc(-c2ccc(Cn3c(=O)ccc4c(CC)nc(CC)cc43)cc2C)c(S(=O)(=O)O)s1.Cc1onc(N)c1C. The fraction of sp³-hybridized carbons (Fsp3) is 0.344. The van der Waals surface area contributed by atoms with Crippen molar-refractivity contribution in [1.29, 1.82) is 0 Å². The topological polar surface area (TPSA) is 141 Å². The Morgan fingerprint density at radius 1 is 1.00 bits per heavy atom. The minimum absolute atomic E-state index is 0.0197. The fourth-order valence-electron chi connectivity index (χ4n) is 4.95. The molecule has 43 heavy (non-hydrogen) atoms. The molecule has 0 aliphatic carbocycles. The van der Waals surface area contributed by atoms with E-state index in [9.17, 15) is 17.8 Å². The lowest BCUT2D eigenvalue weighted by Gasteiger charge is -2.15. The molecule has 0 unspecified atom stereocenters. The second-order valence-corrected chi connectivity index (χ2v) is 13.2. The lowest BCUT2D eigenvalue weighted by atomic mass is 9.99. The molecule has 0 spiro atoms. The highest BCUT2D eigenvalue weighted by molar-refractivity contribution is 7.88. The molecule has 0 atom stereocenters. The molecule has 0 saturated carbocycles. The Balaban J connectivity index is 0.000000458. The van der Waals surface area contributed by atoms with Crippen LogP contribution in [0, 0.1) is 20.8 Å². The number of anilines is 1. The van der Waals surface area contributed by atoms with Crippen molar-refractivity contribution < 1.29 is 17.5 Å². The van der Waals surface area contributed by atoms with Crippen LogP contribution in [0.2, 0.25) is 0 Å². The average molecular weight is 623 g/mol. The highest BCUT2D eigenvalue weighted by Gasteiger charge is 2.22. The van der Waals surface area contributed by atoms with Crippen molar-refractivity contribution in [3.05, 3.63) is 91.5 Å². The number of fused-ring (bicyclic) bond motifs is 1. The number of hydrogen-bond acceptors (Lipinski definition) is 8. The van der Waals surface area contributed by atoms with Gasteiger partial charge in [0, 0.05) is 38.8 Å². The van der Waals surface area contributed by atoms with Crippen LogP contribution in [-0.4, -0.2) is 27.7 Å². The van der Waals surface area contributed by atoms with Crippen molar-refractivity contribution in [3.8, 4) is 11.1 Å². The Morgan fingerprint density at radius 3 is 2.28 bits per heavy atom. The third-order valence-electron chi connectivity index (χ3n) is 7.41. The van der Waals surface area contributed by atoms with Crippen molar-refractivity contribution in [2.75, 3.05) is 5.73 Å². The van der Waals surface area contributed by atoms with Gasteiger partial charge in [-0.15, -0.1) is 11.3 Å². The van der Waals surface area contributed by atoms with Crippen molar-refractivity contribution in [3.63, 3.8) is 0 Å². The van der Waals surface area contributed by atoms with Crippen LogP contribution in [0.15, 0.2) is 56.0 Å². The minimum atomic E-state index is -4.33. The zero-order valence-corrected chi connectivity index (χ0v) is 27.0. The molecule has 4 heterocycles. The van der Waals surface area contributed by atoms with E-state index in [2.05, 4.69) is 19.0 Å². The largest absolute Gasteiger partial charge is 0.381 e. The van der Waals surface area contributed by atoms with Crippen LogP contribution in [0.5, 0.6) is 0 Å². The zero-order valence-electron chi connectivity index (χ0n) is 25.4. The van der Waals surface area contributed by atoms with Crippen LogP contribution in [0.3, 0.4) is 0 Å². The predicted octanol–water partition coefficient (Wildman–Crippen LogP) is 6.68. The van der Waals surface area contributed by atoms with E-state index in [1.165, 1.54) is 0 Å². The molecule has 5 aromatic rings. The molecule has 0 saturated heterocycles. The van der Waals surface area contributed by atoms with Gasteiger partial charge in [-0.1, -0.05) is 50.5 Å². The maximum absolute atomic E-state index is 12.9. The highest BCUT2D eigenvalue weighted by Crippen LogP contribution is 2.37. The number of nitrogen functional groups attached to an aromatic ring is 1. The molecule has 5 rings (SSSR count). The number of rotatable bonds is 8. The zero-order chi connectivity index (χ0) is 31.5. The normalized spacial score (nSPS) is 11.5. The second kappa shape index (κ2) is 13.2. The number of nitrogens with zero attached hydrogens (tertiary/aromatic N) is 3. The quantitative estimate of drug-likeness (QED) is 0.183. The third-order valence-corrected chi connectivity index (χ3v) is 9.97. The molecule has 0 fully saturated rings. The number of nitrogens with two attached hydrogens (primary N) is 1. The van der Waals surface area contributed by atoms with Crippen LogP contribution >= 0.6 is 11.3 Å². The van der Waals surface area contributed by atoms with Crippen LogP contribution < -0.4 is 11.3 Å². The molecule has 1 aromatic carbocycles.